The van der Waals surface area contributed by atoms with E-state index in [-0.39, 0.29) is 17.3 Å². The minimum Gasteiger partial charge on any atom is -0.494 e. The number of anilines is 1. The van der Waals surface area contributed by atoms with Crippen molar-refractivity contribution in [3.63, 3.8) is 0 Å². The van der Waals surface area contributed by atoms with E-state index in [0.29, 0.717) is 31.0 Å². The summed E-state index contributed by atoms with van der Waals surface area (Å²) >= 11 is 0. The molecule has 2 amide bonds. The van der Waals surface area contributed by atoms with Crippen LogP contribution < -0.4 is 14.4 Å². The molecule has 0 aliphatic carbocycles. The summed E-state index contributed by atoms with van der Waals surface area (Å²) in [6, 6.07) is 21.5. The van der Waals surface area contributed by atoms with Gasteiger partial charge in [0.15, 0.2) is 0 Å². The van der Waals surface area contributed by atoms with Gasteiger partial charge in [-0.2, -0.15) is 0 Å². The zero-order valence-corrected chi connectivity index (χ0v) is 23.8. The molecule has 0 saturated carbocycles. The van der Waals surface area contributed by atoms with Gasteiger partial charge in [-0.15, -0.1) is 0 Å². The molecule has 1 atom stereocenters. The van der Waals surface area contributed by atoms with E-state index in [1.54, 1.807) is 42.5 Å². The first-order chi connectivity index (χ1) is 18.7. The van der Waals surface area contributed by atoms with E-state index in [1.165, 1.54) is 17.0 Å². The normalized spacial score (nSPS) is 11.9. The second kappa shape index (κ2) is 13.8. The Morgan fingerprint density at radius 2 is 1.54 bits per heavy atom. The van der Waals surface area contributed by atoms with Gasteiger partial charge in [0.05, 0.1) is 17.2 Å². The molecule has 0 spiro atoms. The molecule has 0 aliphatic rings. The number of ether oxygens (including phenoxy) is 1. The molecule has 0 fully saturated rings. The first kappa shape index (κ1) is 29.7. The Morgan fingerprint density at radius 1 is 0.897 bits per heavy atom. The Hall–Kier alpha value is -3.85. The lowest BCUT2D eigenvalue weighted by molar-refractivity contribution is -0.140. The van der Waals surface area contributed by atoms with Crippen molar-refractivity contribution >= 4 is 27.5 Å². The number of nitrogens with zero attached hydrogens (tertiary/aromatic N) is 2. The van der Waals surface area contributed by atoms with Crippen LogP contribution in [0.4, 0.5) is 5.69 Å². The molecule has 0 aromatic heterocycles. The monoisotopic (exact) mass is 551 g/mol. The predicted molar refractivity (Wildman–Crippen MR) is 153 cm³/mol. The summed E-state index contributed by atoms with van der Waals surface area (Å²) in [7, 11) is -4.10. The highest BCUT2D eigenvalue weighted by Gasteiger charge is 2.33. The van der Waals surface area contributed by atoms with Gasteiger partial charge in [-0.25, -0.2) is 8.42 Å². The molecule has 0 aliphatic heterocycles. The van der Waals surface area contributed by atoms with Crippen LogP contribution in [0.15, 0.2) is 83.8 Å². The van der Waals surface area contributed by atoms with Gasteiger partial charge in [0, 0.05) is 13.1 Å². The third-order valence-corrected chi connectivity index (χ3v) is 8.04. The molecule has 3 rings (SSSR count). The lowest BCUT2D eigenvalue weighted by Crippen LogP contribution is -2.52. The van der Waals surface area contributed by atoms with Crippen LogP contribution in [0, 0.1) is 6.92 Å². The Morgan fingerprint density at radius 3 is 2.10 bits per heavy atom. The number of hydrogen-bond donors (Lipinski definition) is 1. The van der Waals surface area contributed by atoms with Crippen LogP contribution in [0.5, 0.6) is 5.75 Å². The summed E-state index contributed by atoms with van der Waals surface area (Å²) in [5.41, 5.74) is 2.23. The number of carbonyl (C=O) groups is 2. The number of hydrogen-bond acceptors (Lipinski definition) is 5. The molecule has 0 radical (unpaired) electrons. The largest absolute Gasteiger partial charge is 0.494 e. The van der Waals surface area contributed by atoms with Gasteiger partial charge in [0.2, 0.25) is 11.8 Å². The number of rotatable bonds is 13. The molecule has 1 N–H and O–H groups in total. The second-order valence-electron chi connectivity index (χ2n) is 9.08. The van der Waals surface area contributed by atoms with Crippen molar-refractivity contribution in [2.24, 2.45) is 0 Å². The molecule has 0 saturated heterocycles. The first-order valence-electron chi connectivity index (χ1n) is 13.1. The Kier molecular flexibility index (Phi) is 10.5. The summed E-state index contributed by atoms with van der Waals surface area (Å²) in [5, 5.41) is 2.81. The number of amides is 2. The summed E-state index contributed by atoms with van der Waals surface area (Å²) < 4.78 is 34.2. The lowest BCUT2D eigenvalue weighted by atomic mass is 10.1. The molecule has 0 heterocycles. The van der Waals surface area contributed by atoms with Crippen molar-refractivity contribution in [1.82, 2.24) is 10.2 Å². The quantitative estimate of drug-likeness (QED) is 0.337. The topological polar surface area (TPSA) is 96.0 Å². The zero-order valence-electron chi connectivity index (χ0n) is 23.0. The maximum absolute atomic E-state index is 14.0. The van der Waals surface area contributed by atoms with E-state index in [4.69, 9.17) is 4.74 Å². The Labute approximate surface area is 231 Å². The Bertz CT molecular complexity index is 1330. The van der Waals surface area contributed by atoms with Gasteiger partial charge in [0.1, 0.15) is 18.3 Å². The summed E-state index contributed by atoms with van der Waals surface area (Å²) in [4.78, 5) is 28.5. The highest BCUT2D eigenvalue weighted by Crippen LogP contribution is 2.27. The fourth-order valence-corrected chi connectivity index (χ4v) is 5.66. The molecular weight excluding hydrogens is 514 g/mol. The maximum Gasteiger partial charge on any atom is 0.264 e. The summed E-state index contributed by atoms with van der Waals surface area (Å²) in [5.74, 6) is -0.172. The van der Waals surface area contributed by atoms with Crippen LogP contribution >= 0.6 is 0 Å². The van der Waals surface area contributed by atoms with Crippen LogP contribution in [0.25, 0.3) is 0 Å². The number of sulfonamides is 1. The van der Waals surface area contributed by atoms with Crippen LogP contribution in [0.2, 0.25) is 0 Å². The highest BCUT2D eigenvalue weighted by molar-refractivity contribution is 7.92. The standard InChI is InChI=1S/C30H37N3O5S/c1-5-28(30(35)31-6-2)32(21-24-15-13-23(4)14-16-24)29(34)22-33(25-17-19-26(20-18-25)38-7-3)39(36,37)27-11-9-8-10-12-27/h8-20,28H,5-7,21-22H2,1-4H3,(H,31,35)/t28-/m1/s1. The van der Waals surface area contributed by atoms with Gasteiger partial charge in [-0.3, -0.25) is 13.9 Å². The zero-order chi connectivity index (χ0) is 28.4. The SMILES string of the molecule is CCNC(=O)[C@@H](CC)N(Cc1ccc(C)cc1)C(=O)CN(c1ccc(OCC)cc1)S(=O)(=O)c1ccccc1. The Balaban J connectivity index is 2.04. The molecule has 8 nitrogen and oxygen atoms in total. The molecule has 0 unspecified atom stereocenters. The minimum atomic E-state index is -4.10. The summed E-state index contributed by atoms with van der Waals surface area (Å²) in [6.07, 6.45) is 0.373. The van der Waals surface area contributed by atoms with E-state index in [2.05, 4.69) is 5.32 Å². The molecule has 3 aromatic carbocycles. The average Bonchev–Trinajstić information content (AvgIpc) is 2.94. The van der Waals surface area contributed by atoms with Crippen LogP contribution in [-0.2, 0) is 26.2 Å². The van der Waals surface area contributed by atoms with Gasteiger partial charge >= 0.3 is 0 Å². The first-order valence-corrected chi connectivity index (χ1v) is 14.6. The van der Waals surface area contributed by atoms with Crippen molar-refractivity contribution in [3.05, 3.63) is 90.0 Å². The average molecular weight is 552 g/mol. The van der Waals surface area contributed by atoms with Gasteiger partial charge in [0.25, 0.3) is 10.0 Å². The van der Waals surface area contributed by atoms with Crippen molar-refractivity contribution in [2.45, 2.75) is 51.6 Å². The second-order valence-corrected chi connectivity index (χ2v) is 10.9. The highest BCUT2D eigenvalue weighted by atomic mass is 32.2. The van der Waals surface area contributed by atoms with E-state index in [0.717, 1.165) is 15.4 Å². The van der Waals surface area contributed by atoms with E-state index < -0.39 is 28.5 Å². The van der Waals surface area contributed by atoms with E-state index in [1.807, 2.05) is 52.0 Å². The molecule has 9 heteroatoms. The smallest absolute Gasteiger partial charge is 0.264 e. The third-order valence-electron chi connectivity index (χ3n) is 6.26. The molecule has 39 heavy (non-hydrogen) atoms. The molecular formula is C30H37N3O5S. The van der Waals surface area contributed by atoms with Crippen molar-refractivity contribution in [2.75, 3.05) is 24.0 Å². The molecule has 208 valence electrons. The van der Waals surface area contributed by atoms with Crippen molar-refractivity contribution in [3.8, 4) is 5.75 Å². The third kappa shape index (κ3) is 7.60. The van der Waals surface area contributed by atoms with Crippen molar-refractivity contribution < 1.29 is 22.7 Å². The number of nitrogens with one attached hydrogen (secondary N) is 1. The summed E-state index contributed by atoms with van der Waals surface area (Å²) in [6.45, 7) is 8.06. The molecule has 3 aromatic rings. The van der Waals surface area contributed by atoms with Crippen LogP contribution in [0.1, 0.15) is 38.3 Å². The van der Waals surface area contributed by atoms with Crippen LogP contribution in [0.3, 0.4) is 0 Å². The van der Waals surface area contributed by atoms with Crippen molar-refractivity contribution in [1.29, 1.82) is 0 Å². The van der Waals surface area contributed by atoms with Crippen LogP contribution in [-0.4, -0.2) is 50.9 Å². The number of aryl methyl sites for hydroxylation is 1. The fourth-order valence-electron chi connectivity index (χ4n) is 4.23. The number of likely N-dealkylation sites (N-methyl/N-ethyl adjacent to an activating group) is 1. The maximum atomic E-state index is 14.0. The van der Waals surface area contributed by atoms with E-state index in [9.17, 15) is 18.0 Å². The van der Waals surface area contributed by atoms with E-state index >= 15 is 0 Å². The van der Waals surface area contributed by atoms with Gasteiger partial charge in [-0.1, -0.05) is 55.0 Å². The number of carbonyl (C=O) groups excluding carboxylic acids is 2. The molecule has 0 bridgehead atoms. The predicted octanol–water partition coefficient (Wildman–Crippen LogP) is 4.53. The minimum absolute atomic E-state index is 0.0625. The van der Waals surface area contributed by atoms with Gasteiger partial charge in [-0.05, 0) is 69.2 Å². The fraction of sp³-hybridized carbons (Fsp3) is 0.333. The lowest BCUT2D eigenvalue weighted by Gasteiger charge is -2.33. The number of benzene rings is 3. The van der Waals surface area contributed by atoms with Gasteiger partial charge < -0.3 is 15.0 Å².